The molecule has 0 radical (unpaired) electrons. The first-order valence-corrected chi connectivity index (χ1v) is 5.27. The van der Waals surface area contributed by atoms with Crippen LogP contribution in [0.2, 0.25) is 0 Å². The van der Waals surface area contributed by atoms with Crippen molar-refractivity contribution in [2.24, 2.45) is 5.73 Å². The van der Waals surface area contributed by atoms with Crippen LogP contribution in [0.3, 0.4) is 0 Å². The highest BCUT2D eigenvalue weighted by Gasteiger charge is 2.16. The van der Waals surface area contributed by atoms with Crippen LogP contribution in [0.15, 0.2) is 24.3 Å². The van der Waals surface area contributed by atoms with Gasteiger partial charge in [-0.1, -0.05) is 12.1 Å². The Morgan fingerprint density at radius 3 is 2.41 bits per heavy atom. The first-order chi connectivity index (χ1) is 7.56. The molecule has 2 N–H and O–H groups in total. The lowest BCUT2D eigenvalue weighted by Gasteiger charge is -2.25. The highest BCUT2D eigenvalue weighted by molar-refractivity contribution is 5.85. The SMILES string of the molecule is CC(c1ccc(F)cc1)N(C)C(=O)CCN.Cl. The van der Waals surface area contributed by atoms with Gasteiger partial charge in [0.05, 0.1) is 6.04 Å². The standard InChI is InChI=1S/C12H17FN2O.ClH/c1-9(15(2)12(16)7-8-14)10-3-5-11(13)6-4-10;/h3-6,9H,7-8,14H2,1-2H3;1H. The van der Waals surface area contributed by atoms with Crippen molar-refractivity contribution in [3.63, 3.8) is 0 Å². The van der Waals surface area contributed by atoms with Crippen LogP contribution in [0.4, 0.5) is 4.39 Å². The van der Waals surface area contributed by atoms with Gasteiger partial charge in [-0.25, -0.2) is 4.39 Å². The molecule has 0 bridgehead atoms. The van der Waals surface area contributed by atoms with E-state index in [1.165, 1.54) is 12.1 Å². The van der Waals surface area contributed by atoms with E-state index in [0.29, 0.717) is 13.0 Å². The van der Waals surface area contributed by atoms with Crippen LogP contribution in [-0.2, 0) is 4.79 Å². The number of benzene rings is 1. The van der Waals surface area contributed by atoms with Gasteiger partial charge in [0.2, 0.25) is 5.91 Å². The minimum atomic E-state index is -0.271. The Kier molecular flexibility index (Phi) is 6.76. The highest BCUT2D eigenvalue weighted by atomic mass is 35.5. The van der Waals surface area contributed by atoms with Gasteiger partial charge in [0.15, 0.2) is 0 Å². The molecule has 0 saturated carbocycles. The van der Waals surface area contributed by atoms with E-state index < -0.39 is 0 Å². The third-order valence-electron chi connectivity index (χ3n) is 2.68. The molecule has 0 aromatic heterocycles. The fourth-order valence-corrected chi connectivity index (χ4v) is 1.48. The van der Waals surface area contributed by atoms with E-state index in [0.717, 1.165) is 5.56 Å². The van der Waals surface area contributed by atoms with Crippen LogP contribution in [0.25, 0.3) is 0 Å². The van der Waals surface area contributed by atoms with Crippen molar-refractivity contribution >= 4 is 18.3 Å². The summed E-state index contributed by atoms with van der Waals surface area (Å²) in [7, 11) is 1.73. The second kappa shape index (κ2) is 7.25. The number of carbonyl (C=O) groups is 1. The quantitative estimate of drug-likeness (QED) is 0.901. The third kappa shape index (κ3) is 4.32. The maximum Gasteiger partial charge on any atom is 0.224 e. The number of nitrogens with zero attached hydrogens (tertiary/aromatic N) is 1. The summed E-state index contributed by atoms with van der Waals surface area (Å²) in [6.45, 7) is 2.25. The molecule has 0 heterocycles. The van der Waals surface area contributed by atoms with Crippen molar-refractivity contribution in [3.8, 4) is 0 Å². The minimum absolute atomic E-state index is 0. The monoisotopic (exact) mass is 260 g/mol. The number of amides is 1. The Balaban J connectivity index is 0.00000256. The van der Waals surface area contributed by atoms with Crippen molar-refractivity contribution in [2.75, 3.05) is 13.6 Å². The molecule has 1 rings (SSSR count). The normalized spacial score (nSPS) is 11.5. The van der Waals surface area contributed by atoms with Crippen molar-refractivity contribution in [1.29, 1.82) is 0 Å². The van der Waals surface area contributed by atoms with Crippen LogP contribution in [0, 0.1) is 5.82 Å². The van der Waals surface area contributed by atoms with Gasteiger partial charge in [0.25, 0.3) is 0 Å². The smallest absolute Gasteiger partial charge is 0.224 e. The zero-order valence-corrected chi connectivity index (χ0v) is 10.8. The highest BCUT2D eigenvalue weighted by Crippen LogP contribution is 2.19. The van der Waals surface area contributed by atoms with E-state index in [4.69, 9.17) is 5.73 Å². The lowest BCUT2D eigenvalue weighted by atomic mass is 10.1. The number of hydrogen-bond acceptors (Lipinski definition) is 2. The lowest BCUT2D eigenvalue weighted by Crippen LogP contribution is -2.31. The van der Waals surface area contributed by atoms with E-state index in [9.17, 15) is 9.18 Å². The average Bonchev–Trinajstić information content (AvgIpc) is 2.28. The summed E-state index contributed by atoms with van der Waals surface area (Å²) < 4.78 is 12.7. The Morgan fingerprint density at radius 2 is 1.94 bits per heavy atom. The summed E-state index contributed by atoms with van der Waals surface area (Å²) in [6, 6.07) is 6.10. The molecule has 0 saturated heterocycles. The van der Waals surface area contributed by atoms with Crippen LogP contribution < -0.4 is 5.73 Å². The second-order valence-corrected chi connectivity index (χ2v) is 3.77. The number of carbonyl (C=O) groups excluding carboxylic acids is 1. The Labute approximate surface area is 107 Å². The molecule has 0 aliphatic heterocycles. The van der Waals surface area contributed by atoms with Gasteiger partial charge >= 0.3 is 0 Å². The third-order valence-corrected chi connectivity index (χ3v) is 2.68. The Hall–Kier alpha value is -1.13. The molecule has 0 aliphatic rings. The van der Waals surface area contributed by atoms with E-state index in [1.54, 1.807) is 24.1 Å². The van der Waals surface area contributed by atoms with Gasteiger partial charge in [-0.2, -0.15) is 0 Å². The van der Waals surface area contributed by atoms with Crippen LogP contribution >= 0.6 is 12.4 Å². The summed E-state index contributed by atoms with van der Waals surface area (Å²) in [5.41, 5.74) is 6.24. The zero-order valence-electron chi connectivity index (χ0n) is 10.0. The van der Waals surface area contributed by atoms with Crippen LogP contribution in [-0.4, -0.2) is 24.4 Å². The molecular weight excluding hydrogens is 243 g/mol. The van der Waals surface area contributed by atoms with Gasteiger partial charge in [0.1, 0.15) is 5.82 Å². The van der Waals surface area contributed by atoms with Gasteiger partial charge in [-0.3, -0.25) is 4.79 Å². The number of nitrogens with two attached hydrogens (primary N) is 1. The molecule has 1 atom stereocenters. The fourth-order valence-electron chi connectivity index (χ4n) is 1.48. The summed E-state index contributed by atoms with van der Waals surface area (Å²) in [6.07, 6.45) is 0.335. The topological polar surface area (TPSA) is 46.3 Å². The molecule has 0 fully saturated rings. The average molecular weight is 261 g/mol. The lowest BCUT2D eigenvalue weighted by molar-refractivity contribution is -0.131. The van der Waals surface area contributed by atoms with E-state index in [1.807, 2.05) is 6.92 Å². The molecule has 1 aromatic carbocycles. The Bertz CT molecular complexity index is 356. The summed E-state index contributed by atoms with van der Waals surface area (Å²) in [4.78, 5) is 13.2. The summed E-state index contributed by atoms with van der Waals surface area (Å²) in [5.74, 6) is -0.272. The van der Waals surface area contributed by atoms with Gasteiger partial charge in [-0.05, 0) is 24.6 Å². The first kappa shape index (κ1) is 15.9. The summed E-state index contributed by atoms with van der Waals surface area (Å²) in [5, 5.41) is 0. The van der Waals surface area contributed by atoms with Crippen molar-refractivity contribution in [1.82, 2.24) is 4.90 Å². The largest absolute Gasteiger partial charge is 0.339 e. The minimum Gasteiger partial charge on any atom is -0.339 e. The van der Waals surface area contributed by atoms with Gasteiger partial charge < -0.3 is 10.6 Å². The van der Waals surface area contributed by atoms with Crippen molar-refractivity contribution in [3.05, 3.63) is 35.6 Å². The summed E-state index contributed by atoms with van der Waals surface area (Å²) >= 11 is 0. The number of rotatable bonds is 4. The van der Waals surface area contributed by atoms with Gasteiger partial charge in [-0.15, -0.1) is 12.4 Å². The molecule has 1 amide bonds. The Morgan fingerprint density at radius 1 is 1.41 bits per heavy atom. The molecule has 96 valence electrons. The zero-order chi connectivity index (χ0) is 12.1. The number of hydrogen-bond donors (Lipinski definition) is 1. The maximum absolute atomic E-state index is 12.7. The molecular formula is C12H18ClFN2O. The molecule has 1 unspecified atom stereocenters. The fraction of sp³-hybridized carbons (Fsp3) is 0.417. The molecule has 0 aliphatic carbocycles. The predicted molar refractivity (Wildman–Crippen MR) is 68.5 cm³/mol. The number of halogens is 2. The van der Waals surface area contributed by atoms with E-state index in [-0.39, 0.29) is 30.2 Å². The molecule has 0 spiro atoms. The second-order valence-electron chi connectivity index (χ2n) is 3.77. The maximum atomic E-state index is 12.7. The van der Waals surface area contributed by atoms with Crippen LogP contribution in [0.1, 0.15) is 24.9 Å². The molecule has 17 heavy (non-hydrogen) atoms. The first-order valence-electron chi connectivity index (χ1n) is 5.27. The van der Waals surface area contributed by atoms with Crippen molar-refractivity contribution < 1.29 is 9.18 Å². The van der Waals surface area contributed by atoms with Gasteiger partial charge in [0, 0.05) is 20.0 Å². The van der Waals surface area contributed by atoms with E-state index >= 15 is 0 Å². The molecule has 5 heteroatoms. The molecule has 1 aromatic rings. The predicted octanol–water partition coefficient (Wildman–Crippen LogP) is 2.12. The van der Waals surface area contributed by atoms with Crippen LogP contribution in [0.5, 0.6) is 0 Å². The molecule has 3 nitrogen and oxygen atoms in total. The van der Waals surface area contributed by atoms with Crippen molar-refractivity contribution in [2.45, 2.75) is 19.4 Å². The van der Waals surface area contributed by atoms with E-state index in [2.05, 4.69) is 0 Å².